The summed E-state index contributed by atoms with van der Waals surface area (Å²) in [6.07, 6.45) is 10.3. The van der Waals surface area contributed by atoms with Gasteiger partial charge in [0, 0.05) is 30.1 Å². The van der Waals surface area contributed by atoms with E-state index in [4.69, 9.17) is 16.3 Å². The molecule has 6 nitrogen and oxygen atoms in total. The Morgan fingerprint density at radius 1 is 1.25 bits per heavy atom. The summed E-state index contributed by atoms with van der Waals surface area (Å²) < 4.78 is 6.02. The molecule has 1 aromatic rings. The van der Waals surface area contributed by atoms with E-state index in [0.717, 1.165) is 24.9 Å². The lowest BCUT2D eigenvalue weighted by Crippen LogP contribution is -2.55. The molecule has 0 spiro atoms. The Balaban J connectivity index is 1.25. The number of ether oxygens (including phenoxy) is 1. The summed E-state index contributed by atoms with van der Waals surface area (Å²) in [5, 5.41) is 6.79. The molecule has 3 fully saturated rings. The third-order valence-corrected chi connectivity index (χ3v) is 7.32. The van der Waals surface area contributed by atoms with Crippen molar-refractivity contribution in [3.63, 3.8) is 0 Å². The van der Waals surface area contributed by atoms with Crippen LogP contribution >= 0.6 is 11.6 Å². The van der Waals surface area contributed by atoms with Crippen molar-refractivity contribution in [2.45, 2.75) is 69.6 Å². The second-order valence-electron chi connectivity index (χ2n) is 9.37. The van der Waals surface area contributed by atoms with Crippen molar-refractivity contribution in [2.24, 2.45) is 5.92 Å². The Morgan fingerprint density at radius 3 is 2.84 bits per heavy atom. The van der Waals surface area contributed by atoms with Crippen LogP contribution in [0.1, 0.15) is 56.9 Å². The normalized spacial score (nSPS) is 27.5. The van der Waals surface area contributed by atoms with Gasteiger partial charge < -0.3 is 20.3 Å². The van der Waals surface area contributed by atoms with Gasteiger partial charge in [-0.2, -0.15) is 0 Å². The van der Waals surface area contributed by atoms with Crippen LogP contribution in [0.15, 0.2) is 30.0 Å². The molecule has 1 heterocycles. The van der Waals surface area contributed by atoms with Gasteiger partial charge >= 0.3 is 0 Å². The van der Waals surface area contributed by atoms with Crippen LogP contribution < -0.4 is 10.6 Å². The number of carbonyl (C=O) groups excluding carboxylic acids is 2. The Kier molecular flexibility index (Phi) is 7.74. The van der Waals surface area contributed by atoms with Gasteiger partial charge in [0.05, 0.1) is 6.04 Å². The minimum absolute atomic E-state index is 0.0846. The zero-order valence-electron chi connectivity index (χ0n) is 18.8. The van der Waals surface area contributed by atoms with Crippen LogP contribution in [0.4, 0.5) is 0 Å². The average molecular weight is 460 g/mol. The van der Waals surface area contributed by atoms with Gasteiger partial charge in [0.1, 0.15) is 6.10 Å². The van der Waals surface area contributed by atoms with E-state index in [-0.39, 0.29) is 29.9 Å². The molecule has 1 aromatic carbocycles. The molecule has 32 heavy (non-hydrogen) atoms. The summed E-state index contributed by atoms with van der Waals surface area (Å²) >= 11 is 6.04. The second kappa shape index (κ2) is 10.7. The van der Waals surface area contributed by atoms with Gasteiger partial charge in [0.25, 0.3) is 5.91 Å². The van der Waals surface area contributed by atoms with E-state index in [0.29, 0.717) is 29.8 Å². The molecule has 3 atom stereocenters. The average Bonchev–Trinajstić information content (AvgIpc) is 2.79. The molecule has 0 aromatic heterocycles. The van der Waals surface area contributed by atoms with Gasteiger partial charge in [0.15, 0.2) is 5.76 Å². The van der Waals surface area contributed by atoms with E-state index in [1.165, 1.54) is 32.1 Å². The number of hydrogen-bond donors (Lipinski definition) is 2. The fraction of sp³-hybridized carbons (Fsp3) is 0.600. The van der Waals surface area contributed by atoms with E-state index < -0.39 is 0 Å². The number of morpholine rings is 1. The Hall–Kier alpha value is -2.05. The van der Waals surface area contributed by atoms with Gasteiger partial charge in [-0.3, -0.25) is 9.59 Å². The molecule has 2 amide bonds. The second-order valence-corrected chi connectivity index (χ2v) is 9.81. The van der Waals surface area contributed by atoms with E-state index >= 15 is 0 Å². The Morgan fingerprint density at radius 2 is 2.06 bits per heavy atom. The first-order chi connectivity index (χ1) is 15.5. The van der Waals surface area contributed by atoms with Crippen LogP contribution in [0.2, 0.25) is 5.02 Å². The zero-order chi connectivity index (χ0) is 22.5. The van der Waals surface area contributed by atoms with Crippen molar-refractivity contribution in [2.75, 3.05) is 20.1 Å². The van der Waals surface area contributed by atoms with Crippen LogP contribution in [0.5, 0.6) is 0 Å². The summed E-state index contributed by atoms with van der Waals surface area (Å²) in [6.45, 7) is 1.55. The minimum atomic E-state index is -0.235. The lowest BCUT2D eigenvalue weighted by molar-refractivity contribution is -0.134. The van der Waals surface area contributed by atoms with Crippen LogP contribution in [-0.4, -0.2) is 55.0 Å². The maximum absolute atomic E-state index is 12.7. The SMILES string of the molecule is CN(CCNC(=O)C1CCC2O/C(=C\c3cccc(Cl)c3)C(=O)NC2C1)C1CCCCC1. The van der Waals surface area contributed by atoms with Gasteiger partial charge in [-0.1, -0.05) is 43.0 Å². The number of nitrogens with one attached hydrogen (secondary N) is 2. The van der Waals surface area contributed by atoms with Gasteiger partial charge in [-0.15, -0.1) is 0 Å². The number of rotatable bonds is 6. The maximum atomic E-state index is 12.7. The highest BCUT2D eigenvalue weighted by Crippen LogP contribution is 2.31. The Labute approximate surface area is 195 Å². The number of hydrogen-bond acceptors (Lipinski definition) is 4. The lowest BCUT2D eigenvalue weighted by Gasteiger charge is -2.39. The summed E-state index contributed by atoms with van der Waals surface area (Å²) in [5.41, 5.74) is 0.826. The van der Waals surface area contributed by atoms with Crippen molar-refractivity contribution in [1.82, 2.24) is 15.5 Å². The molecule has 2 aliphatic carbocycles. The van der Waals surface area contributed by atoms with Crippen molar-refractivity contribution in [3.8, 4) is 0 Å². The predicted molar refractivity (Wildman–Crippen MR) is 126 cm³/mol. The highest BCUT2D eigenvalue weighted by molar-refractivity contribution is 6.30. The van der Waals surface area contributed by atoms with Crippen LogP contribution in [-0.2, 0) is 14.3 Å². The van der Waals surface area contributed by atoms with E-state index in [2.05, 4.69) is 22.6 Å². The minimum Gasteiger partial charge on any atom is -0.483 e. The van der Waals surface area contributed by atoms with Crippen LogP contribution in [0.25, 0.3) is 6.08 Å². The molecule has 3 aliphatic rings. The maximum Gasteiger partial charge on any atom is 0.286 e. The highest BCUT2D eigenvalue weighted by atomic mass is 35.5. The molecule has 4 rings (SSSR count). The fourth-order valence-electron chi connectivity index (χ4n) is 5.18. The number of benzene rings is 1. The third-order valence-electron chi connectivity index (χ3n) is 7.08. The number of likely N-dealkylation sites (N-methyl/N-ethyl adjacent to an activating group) is 1. The summed E-state index contributed by atoms with van der Waals surface area (Å²) in [6, 6.07) is 7.84. The van der Waals surface area contributed by atoms with Crippen molar-refractivity contribution >= 4 is 29.5 Å². The molecule has 3 unspecified atom stereocenters. The summed E-state index contributed by atoms with van der Waals surface area (Å²) in [4.78, 5) is 27.7. The number of nitrogens with zero attached hydrogens (tertiary/aromatic N) is 1. The van der Waals surface area contributed by atoms with Gasteiger partial charge in [-0.05, 0) is 62.9 Å². The summed E-state index contributed by atoms with van der Waals surface area (Å²) in [7, 11) is 2.16. The molecular formula is C25H34ClN3O3. The number of amides is 2. The lowest BCUT2D eigenvalue weighted by atomic mass is 9.82. The molecule has 0 radical (unpaired) electrons. The van der Waals surface area contributed by atoms with Crippen LogP contribution in [0, 0.1) is 5.92 Å². The summed E-state index contributed by atoms with van der Waals surface area (Å²) in [5.74, 6) is 0.0807. The van der Waals surface area contributed by atoms with Gasteiger partial charge in [0.2, 0.25) is 5.91 Å². The van der Waals surface area contributed by atoms with E-state index in [1.807, 2.05) is 12.1 Å². The number of carbonyl (C=O) groups is 2. The van der Waals surface area contributed by atoms with Crippen molar-refractivity contribution in [1.29, 1.82) is 0 Å². The molecule has 7 heteroatoms. The number of halogens is 1. The molecule has 174 valence electrons. The zero-order valence-corrected chi connectivity index (χ0v) is 19.6. The highest BCUT2D eigenvalue weighted by Gasteiger charge is 2.40. The number of fused-ring (bicyclic) bond motifs is 1. The van der Waals surface area contributed by atoms with Crippen molar-refractivity contribution < 1.29 is 14.3 Å². The molecule has 2 saturated carbocycles. The molecule has 1 saturated heterocycles. The quantitative estimate of drug-likeness (QED) is 0.635. The largest absolute Gasteiger partial charge is 0.483 e. The molecule has 0 bridgehead atoms. The molecule has 2 N–H and O–H groups in total. The molecular weight excluding hydrogens is 426 g/mol. The Bertz CT molecular complexity index is 853. The smallest absolute Gasteiger partial charge is 0.286 e. The standard InChI is InChI=1S/C25H34ClN3O3/c1-29(20-8-3-2-4-9-20)13-12-27-24(30)18-10-11-22-21(16-18)28-25(31)23(32-22)15-17-6-5-7-19(26)14-17/h5-7,14-15,18,20-22H,2-4,8-13,16H2,1H3,(H,27,30)(H,28,31)/b23-15-. The topological polar surface area (TPSA) is 70.7 Å². The van der Waals surface area contributed by atoms with Gasteiger partial charge in [-0.25, -0.2) is 0 Å². The monoisotopic (exact) mass is 459 g/mol. The first kappa shape index (κ1) is 23.1. The third kappa shape index (κ3) is 5.84. The van der Waals surface area contributed by atoms with Crippen molar-refractivity contribution in [3.05, 3.63) is 40.6 Å². The first-order valence-corrected chi connectivity index (χ1v) is 12.3. The van der Waals surface area contributed by atoms with E-state index in [9.17, 15) is 9.59 Å². The predicted octanol–water partition coefficient (Wildman–Crippen LogP) is 3.75. The molecule has 1 aliphatic heterocycles. The first-order valence-electron chi connectivity index (χ1n) is 11.9. The fourth-order valence-corrected chi connectivity index (χ4v) is 5.38. The van der Waals surface area contributed by atoms with Crippen LogP contribution in [0.3, 0.4) is 0 Å². The van der Waals surface area contributed by atoms with E-state index in [1.54, 1.807) is 18.2 Å².